The molecule has 0 radical (unpaired) electrons. The summed E-state index contributed by atoms with van der Waals surface area (Å²) in [5.41, 5.74) is 0. The second-order valence-corrected chi connectivity index (χ2v) is 8.45. The van der Waals surface area contributed by atoms with Gasteiger partial charge in [-0.3, -0.25) is 0 Å². The quantitative estimate of drug-likeness (QED) is 0.832. The van der Waals surface area contributed by atoms with Crippen molar-refractivity contribution in [2.45, 2.75) is 31.1 Å². The van der Waals surface area contributed by atoms with E-state index in [4.69, 9.17) is 0 Å². The van der Waals surface area contributed by atoms with E-state index in [1.54, 1.807) is 24.3 Å². The highest BCUT2D eigenvalue weighted by Gasteiger charge is 2.17. The Kier molecular flexibility index (Phi) is 6.22. The molecule has 1 heterocycles. The lowest BCUT2D eigenvalue weighted by atomic mass is 10.1. The number of nitrogens with zero attached hydrogens (tertiary/aromatic N) is 1. The van der Waals surface area contributed by atoms with Crippen LogP contribution in [0.2, 0.25) is 0 Å². The molecule has 4 nitrogen and oxygen atoms in total. The van der Waals surface area contributed by atoms with Crippen LogP contribution in [0.15, 0.2) is 33.6 Å². The standard InChI is InChI=1S/C15H23BrN2O2S/c1-13(12-18-9-3-2-4-10-18)11-17-21(19,20)15-7-5-14(16)6-8-15/h5-8,13,17H,2-4,9-12H2,1H3. The number of hydrogen-bond acceptors (Lipinski definition) is 3. The van der Waals surface area contributed by atoms with Gasteiger partial charge in [-0.1, -0.05) is 29.3 Å². The van der Waals surface area contributed by atoms with Crippen LogP contribution in [0.1, 0.15) is 26.2 Å². The number of nitrogens with one attached hydrogen (secondary N) is 1. The van der Waals surface area contributed by atoms with Gasteiger partial charge in [-0.05, 0) is 56.1 Å². The third-order valence-corrected chi connectivity index (χ3v) is 5.73. The largest absolute Gasteiger partial charge is 0.303 e. The van der Waals surface area contributed by atoms with E-state index >= 15 is 0 Å². The molecule has 1 atom stereocenters. The molecule has 118 valence electrons. The van der Waals surface area contributed by atoms with Gasteiger partial charge in [0.1, 0.15) is 0 Å². The van der Waals surface area contributed by atoms with Gasteiger partial charge in [0.15, 0.2) is 0 Å². The molecule has 0 saturated carbocycles. The summed E-state index contributed by atoms with van der Waals surface area (Å²) in [6, 6.07) is 6.71. The van der Waals surface area contributed by atoms with Crippen LogP contribution in [0.3, 0.4) is 0 Å². The average Bonchev–Trinajstić information content (AvgIpc) is 2.47. The van der Waals surface area contributed by atoms with Gasteiger partial charge < -0.3 is 4.90 Å². The molecule has 1 fully saturated rings. The molecule has 1 N–H and O–H groups in total. The molecule has 2 rings (SSSR count). The maximum atomic E-state index is 12.2. The lowest BCUT2D eigenvalue weighted by molar-refractivity contribution is 0.201. The number of piperidine rings is 1. The second kappa shape index (κ2) is 7.72. The van der Waals surface area contributed by atoms with E-state index in [0.717, 1.165) is 24.1 Å². The van der Waals surface area contributed by atoms with Crippen LogP contribution >= 0.6 is 15.9 Å². The van der Waals surface area contributed by atoms with E-state index in [9.17, 15) is 8.42 Å². The van der Waals surface area contributed by atoms with Crippen molar-refractivity contribution < 1.29 is 8.42 Å². The summed E-state index contributed by atoms with van der Waals surface area (Å²) in [5.74, 6) is 0.313. The topological polar surface area (TPSA) is 49.4 Å². The predicted molar refractivity (Wildman–Crippen MR) is 88.8 cm³/mol. The van der Waals surface area contributed by atoms with Crippen LogP contribution in [0.25, 0.3) is 0 Å². The first kappa shape index (κ1) is 16.9. The Hall–Kier alpha value is -0.430. The van der Waals surface area contributed by atoms with E-state index in [-0.39, 0.29) is 0 Å². The fraction of sp³-hybridized carbons (Fsp3) is 0.600. The molecule has 0 aromatic heterocycles. The summed E-state index contributed by atoms with van der Waals surface area (Å²) < 4.78 is 28.0. The minimum atomic E-state index is -3.40. The van der Waals surface area contributed by atoms with Crippen molar-refractivity contribution in [2.24, 2.45) is 5.92 Å². The number of sulfonamides is 1. The molecule has 0 spiro atoms. The number of rotatable bonds is 6. The average molecular weight is 375 g/mol. The van der Waals surface area contributed by atoms with Gasteiger partial charge in [0.2, 0.25) is 10.0 Å². The highest BCUT2D eigenvalue weighted by molar-refractivity contribution is 9.10. The van der Waals surface area contributed by atoms with Gasteiger partial charge in [0, 0.05) is 17.6 Å². The molecule has 1 aliphatic heterocycles. The fourth-order valence-electron chi connectivity index (χ4n) is 2.60. The fourth-order valence-corrected chi connectivity index (χ4v) is 4.03. The van der Waals surface area contributed by atoms with Gasteiger partial charge in [0.25, 0.3) is 0 Å². The number of hydrogen-bond donors (Lipinski definition) is 1. The van der Waals surface area contributed by atoms with Crippen molar-refractivity contribution in [3.63, 3.8) is 0 Å². The number of likely N-dealkylation sites (tertiary alicyclic amines) is 1. The molecule has 1 saturated heterocycles. The van der Waals surface area contributed by atoms with Crippen LogP contribution < -0.4 is 4.72 Å². The van der Waals surface area contributed by atoms with Crippen molar-refractivity contribution in [2.75, 3.05) is 26.2 Å². The molecule has 1 unspecified atom stereocenters. The van der Waals surface area contributed by atoms with Gasteiger partial charge in [0.05, 0.1) is 4.90 Å². The lowest BCUT2D eigenvalue weighted by Gasteiger charge is -2.29. The van der Waals surface area contributed by atoms with Crippen molar-refractivity contribution in [1.29, 1.82) is 0 Å². The number of benzene rings is 1. The summed E-state index contributed by atoms with van der Waals surface area (Å²) in [5, 5.41) is 0. The summed E-state index contributed by atoms with van der Waals surface area (Å²) in [7, 11) is -3.40. The first-order chi connectivity index (χ1) is 9.97. The summed E-state index contributed by atoms with van der Waals surface area (Å²) in [6.07, 6.45) is 3.84. The van der Waals surface area contributed by atoms with E-state index in [1.807, 2.05) is 0 Å². The molecule has 1 aromatic carbocycles. The summed E-state index contributed by atoms with van der Waals surface area (Å²) in [6.45, 7) is 5.82. The van der Waals surface area contributed by atoms with Crippen molar-refractivity contribution >= 4 is 26.0 Å². The molecule has 1 aromatic rings. The van der Waals surface area contributed by atoms with E-state index in [2.05, 4.69) is 32.5 Å². The Morgan fingerprint density at radius 2 is 1.81 bits per heavy atom. The first-order valence-electron chi connectivity index (χ1n) is 7.45. The molecule has 0 amide bonds. The molecule has 0 bridgehead atoms. The maximum Gasteiger partial charge on any atom is 0.240 e. The highest BCUT2D eigenvalue weighted by Crippen LogP contribution is 2.15. The Bertz CT molecular complexity index is 539. The van der Waals surface area contributed by atoms with Gasteiger partial charge >= 0.3 is 0 Å². The monoisotopic (exact) mass is 374 g/mol. The Morgan fingerprint density at radius 3 is 2.43 bits per heavy atom. The summed E-state index contributed by atoms with van der Waals surface area (Å²) in [4.78, 5) is 2.75. The van der Waals surface area contributed by atoms with Crippen LogP contribution in [0.5, 0.6) is 0 Å². The normalized spacial score (nSPS) is 18.6. The molecule has 0 aliphatic carbocycles. The van der Waals surface area contributed by atoms with E-state index in [1.165, 1.54) is 19.3 Å². The third-order valence-electron chi connectivity index (χ3n) is 3.76. The Balaban J connectivity index is 1.84. The molecule has 21 heavy (non-hydrogen) atoms. The minimum Gasteiger partial charge on any atom is -0.303 e. The molecule has 1 aliphatic rings. The SMILES string of the molecule is CC(CNS(=O)(=O)c1ccc(Br)cc1)CN1CCCCC1. The van der Waals surface area contributed by atoms with Crippen LogP contribution in [-0.2, 0) is 10.0 Å². The summed E-state index contributed by atoms with van der Waals surface area (Å²) >= 11 is 3.31. The molecular formula is C15H23BrN2O2S. The molecule has 6 heteroatoms. The minimum absolute atomic E-state index is 0.313. The maximum absolute atomic E-state index is 12.2. The van der Waals surface area contributed by atoms with Crippen molar-refractivity contribution in [3.8, 4) is 0 Å². The predicted octanol–water partition coefficient (Wildman–Crippen LogP) is 2.85. The number of halogens is 1. The third kappa shape index (κ3) is 5.36. The highest BCUT2D eigenvalue weighted by atomic mass is 79.9. The zero-order valence-corrected chi connectivity index (χ0v) is 14.8. The van der Waals surface area contributed by atoms with Crippen LogP contribution in [-0.4, -0.2) is 39.5 Å². The second-order valence-electron chi connectivity index (χ2n) is 5.77. The lowest BCUT2D eigenvalue weighted by Crippen LogP contribution is -2.38. The Labute approximate surface area is 136 Å². The van der Waals surface area contributed by atoms with Crippen molar-refractivity contribution in [1.82, 2.24) is 9.62 Å². The zero-order valence-electron chi connectivity index (χ0n) is 12.4. The van der Waals surface area contributed by atoms with Gasteiger partial charge in [-0.2, -0.15) is 0 Å². The van der Waals surface area contributed by atoms with Gasteiger partial charge in [-0.15, -0.1) is 0 Å². The smallest absolute Gasteiger partial charge is 0.240 e. The van der Waals surface area contributed by atoms with Crippen LogP contribution in [0, 0.1) is 5.92 Å². The van der Waals surface area contributed by atoms with E-state index in [0.29, 0.717) is 17.4 Å². The zero-order chi connectivity index (χ0) is 15.3. The van der Waals surface area contributed by atoms with E-state index < -0.39 is 10.0 Å². The van der Waals surface area contributed by atoms with Crippen LogP contribution in [0.4, 0.5) is 0 Å². The molecular weight excluding hydrogens is 352 g/mol. The first-order valence-corrected chi connectivity index (χ1v) is 9.72. The van der Waals surface area contributed by atoms with Gasteiger partial charge in [-0.25, -0.2) is 13.1 Å². The van der Waals surface area contributed by atoms with Crippen molar-refractivity contribution in [3.05, 3.63) is 28.7 Å². The Morgan fingerprint density at radius 1 is 1.19 bits per heavy atom.